The lowest BCUT2D eigenvalue weighted by molar-refractivity contribution is -0.141. The van der Waals surface area contributed by atoms with Crippen LogP contribution in [0.5, 0.6) is 11.6 Å². The fourth-order valence-corrected chi connectivity index (χ4v) is 2.99. The molecule has 0 radical (unpaired) electrons. The summed E-state index contributed by atoms with van der Waals surface area (Å²) in [6.45, 7) is 3.40. The Morgan fingerprint density at radius 1 is 1.33 bits per heavy atom. The summed E-state index contributed by atoms with van der Waals surface area (Å²) in [4.78, 5) is 17.8. The molecule has 0 spiro atoms. The van der Waals surface area contributed by atoms with Gasteiger partial charge in [-0.25, -0.2) is 4.98 Å². The van der Waals surface area contributed by atoms with Gasteiger partial charge < -0.3 is 15.4 Å². The van der Waals surface area contributed by atoms with E-state index in [0.717, 1.165) is 12.5 Å². The zero-order valence-electron chi connectivity index (χ0n) is 14.8. The molecule has 144 valence electrons. The maximum Gasteiger partial charge on any atom is 0.433 e. The van der Waals surface area contributed by atoms with E-state index in [9.17, 15) is 18.0 Å². The Labute approximate surface area is 154 Å². The van der Waals surface area contributed by atoms with Gasteiger partial charge in [0.2, 0.25) is 5.88 Å². The third-order valence-electron chi connectivity index (χ3n) is 4.40. The van der Waals surface area contributed by atoms with E-state index in [1.807, 2.05) is 0 Å². The largest absolute Gasteiger partial charge is 0.439 e. The summed E-state index contributed by atoms with van der Waals surface area (Å²) in [6, 6.07) is 8.60. The summed E-state index contributed by atoms with van der Waals surface area (Å²) in [7, 11) is 0. The summed E-state index contributed by atoms with van der Waals surface area (Å²) >= 11 is 0. The number of rotatable bonds is 4. The molecule has 1 atom stereocenters. The smallest absolute Gasteiger partial charge is 0.433 e. The van der Waals surface area contributed by atoms with Gasteiger partial charge in [0, 0.05) is 31.3 Å². The Morgan fingerprint density at radius 3 is 2.74 bits per heavy atom. The molecule has 0 bridgehead atoms. The molecule has 3 rings (SSSR count). The second kappa shape index (κ2) is 7.56. The van der Waals surface area contributed by atoms with Gasteiger partial charge in [0.1, 0.15) is 11.4 Å². The number of hydrogen-bond donors (Lipinski definition) is 1. The van der Waals surface area contributed by atoms with Crippen LogP contribution in [-0.2, 0) is 12.7 Å². The van der Waals surface area contributed by atoms with Crippen molar-refractivity contribution in [2.24, 2.45) is 11.7 Å². The number of likely N-dealkylation sites (tertiary alicyclic amines) is 1. The van der Waals surface area contributed by atoms with Gasteiger partial charge in [0.25, 0.3) is 5.91 Å². The average Bonchev–Trinajstić information content (AvgIpc) is 3.06. The molecule has 2 aromatic rings. The molecule has 0 saturated carbocycles. The van der Waals surface area contributed by atoms with Crippen LogP contribution in [0.3, 0.4) is 0 Å². The fourth-order valence-electron chi connectivity index (χ4n) is 2.99. The van der Waals surface area contributed by atoms with Gasteiger partial charge in [-0.05, 0) is 42.2 Å². The molecular formula is C19H20F3N3O2. The molecule has 8 heteroatoms. The number of benzene rings is 1. The van der Waals surface area contributed by atoms with Crippen molar-refractivity contribution in [2.45, 2.75) is 26.1 Å². The average molecular weight is 379 g/mol. The third-order valence-corrected chi connectivity index (χ3v) is 4.40. The fraction of sp³-hybridized carbons (Fsp3) is 0.368. The number of carbonyl (C=O) groups is 1. The van der Waals surface area contributed by atoms with Gasteiger partial charge in [-0.1, -0.05) is 13.0 Å². The van der Waals surface area contributed by atoms with Gasteiger partial charge in [-0.3, -0.25) is 4.79 Å². The summed E-state index contributed by atoms with van der Waals surface area (Å²) in [5.74, 6) is 0.356. The number of alkyl halides is 3. The van der Waals surface area contributed by atoms with Crippen LogP contribution in [0, 0.1) is 5.92 Å². The van der Waals surface area contributed by atoms with E-state index in [-0.39, 0.29) is 29.6 Å². The van der Waals surface area contributed by atoms with Crippen molar-refractivity contribution in [1.82, 2.24) is 9.88 Å². The Morgan fingerprint density at radius 2 is 2.11 bits per heavy atom. The maximum absolute atomic E-state index is 13.0. The van der Waals surface area contributed by atoms with Crippen LogP contribution < -0.4 is 10.5 Å². The van der Waals surface area contributed by atoms with E-state index in [4.69, 9.17) is 10.5 Å². The monoisotopic (exact) mass is 379 g/mol. The van der Waals surface area contributed by atoms with Crippen LogP contribution >= 0.6 is 0 Å². The van der Waals surface area contributed by atoms with Crippen LogP contribution in [0.15, 0.2) is 36.4 Å². The number of pyridine rings is 1. The lowest BCUT2D eigenvalue weighted by Gasteiger charge is -2.16. The van der Waals surface area contributed by atoms with Crippen molar-refractivity contribution in [3.05, 3.63) is 53.2 Å². The zero-order chi connectivity index (χ0) is 19.6. The molecule has 1 fully saturated rings. The molecule has 27 heavy (non-hydrogen) atoms. The van der Waals surface area contributed by atoms with E-state index < -0.39 is 11.9 Å². The minimum absolute atomic E-state index is 0.0758. The van der Waals surface area contributed by atoms with Crippen molar-refractivity contribution in [1.29, 1.82) is 0 Å². The van der Waals surface area contributed by atoms with Crippen molar-refractivity contribution >= 4 is 5.91 Å². The molecular weight excluding hydrogens is 359 g/mol. The quantitative estimate of drug-likeness (QED) is 0.877. The molecule has 1 aliphatic heterocycles. The van der Waals surface area contributed by atoms with Gasteiger partial charge >= 0.3 is 6.18 Å². The Bertz CT molecular complexity index is 839. The van der Waals surface area contributed by atoms with Gasteiger partial charge in [0.05, 0.1) is 0 Å². The summed E-state index contributed by atoms with van der Waals surface area (Å²) in [5, 5.41) is 0. The summed E-state index contributed by atoms with van der Waals surface area (Å²) in [5.41, 5.74) is 5.08. The number of halogens is 3. The van der Waals surface area contributed by atoms with E-state index in [0.29, 0.717) is 24.6 Å². The van der Waals surface area contributed by atoms with Gasteiger partial charge in [-0.15, -0.1) is 0 Å². The highest BCUT2D eigenvalue weighted by Crippen LogP contribution is 2.31. The SMILES string of the molecule is CC1CCN(C(=O)c2cccc(Oc3cc(CN)cc(C(F)(F)F)n3)c2)C1. The summed E-state index contributed by atoms with van der Waals surface area (Å²) in [6.07, 6.45) is -3.65. The number of ether oxygens (including phenoxy) is 1. The first-order valence-corrected chi connectivity index (χ1v) is 8.61. The maximum atomic E-state index is 13.0. The second-order valence-electron chi connectivity index (χ2n) is 6.68. The molecule has 1 aromatic carbocycles. The van der Waals surface area contributed by atoms with E-state index in [1.165, 1.54) is 12.1 Å². The van der Waals surface area contributed by atoms with E-state index >= 15 is 0 Å². The highest BCUT2D eigenvalue weighted by atomic mass is 19.4. The molecule has 1 aromatic heterocycles. The van der Waals surface area contributed by atoms with Gasteiger partial charge in [-0.2, -0.15) is 13.2 Å². The number of hydrogen-bond acceptors (Lipinski definition) is 4. The first-order chi connectivity index (χ1) is 12.8. The lowest BCUT2D eigenvalue weighted by atomic mass is 10.1. The highest BCUT2D eigenvalue weighted by Gasteiger charge is 2.33. The lowest BCUT2D eigenvalue weighted by Crippen LogP contribution is -2.28. The minimum Gasteiger partial charge on any atom is -0.439 e. The van der Waals surface area contributed by atoms with Crippen molar-refractivity contribution in [3.8, 4) is 11.6 Å². The molecule has 1 unspecified atom stereocenters. The van der Waals surface area contributed by atoms with Crippen LogP contribution in [0.25, 0.3) is 0 Å². The van der Waals surface area contributed by atoms with Crippen molar-refractivity contribution < 1.29 is 22.7 Å². The number of nitrogens with two attached hydrogens (primary N) is 1. The third kappa shape index (κ3) is 4.57. The zero-order valence-corrected chi connectivity index (χ0v) is 14.8. The number of amides is 1. The Kier molecular flexibility index (Phi) is 5.36. The normalized spacial score (nSPS) is 17.2. The van der Waals surface area contributed by atoms with Crippen LogP contribution in [0.2, 0.25) is 0 Å². The predicted octanol–water partition coefficient (Wildman–Crippen LogP) is 3.83. The highest BCUT2D eigenvalue weighted by molar-refractivity contribution is 5.94. The van der Waals surface area contributed by atoms with E-state index in [2.05, 4.69) is 11.9 Å². The first kappa shape index (κ1) is 19.2. The first-order valence-electron chi connectivity index (χ1n) is 8.61. The number of aromatic nitrogens is 1. The van der Waals surface area contributed by atoms with Crippen LogP contribution in [-0.4, -0.2) is 28.9 Å². The van der Waals surface area contributed by atoms with Crippen molar-refractivity contribution in [2.75, 3.05) is 13.1 Å². The predicted molar refractivity (Wildman–Crippen MR) is 93.3 cm³/mol. The van der Waals surface area contributed by atoms with Gasteiger partial charge in [0.15, 0.2) is 0 Å². The van der Waals surface area contributed by atoms with Crippen molar-refractivity contribution in [3.63, 3.8) is 0 Å². The van der Waals surface area contributed by atoms with E-state index in [1.54, 1.807) is 23.1 Å². The minimum atomic E-state index is -4.60. The topological polar surface area (TPSA) is 68.5 Å². The molecule has 2 heterocycles. The molecule has 0 aliphatic carbocycles. The van der Waals surface area contributed by atoms with Crippen LogP contribution in [0.1, 0.15) is 35.0 Å². The Hall–Kier alpha value is -2.61. The second-order valence-corrected chi connectivity index (χ2v) is 6.68. The molecule has 2 N–H and O–H groups in total. The molecule has 1 aliphatic rings. The Balaban J connectivity index is 1.83. The van der Waals surface area contributed by atoms with Crippen LogP contribution in [0.4, 0.5) is 13.2 Å². The molecule has 1 amide bonds. The molecule has 5 nitrogen and oxygen atoms in total. The number of carbonyl (C=O) groups excluding carboxylic acids is 1. The standard InChI is InChI=1S/C19H20F3N3O2/c1-12-5-6-25(11-12)18(26)14-3-2-4-15(9-14)27-17-8-13(10-23)7-16(24-17)19(20,21)22/h2-4,7-9,12H,5-6,10-11,23H2,1H3. The molecule has 1 saturated heterocycles. The number of nitrogens with zero attached hydrogens (tertiary/aromatic N) is 2. The summed E-state index contributed by atoms with van der Waals surface area (Å²) < 4.78 is 44.5.